The average Bonchev–Trinajstić information content (AvgIpc) is 3.12. The summed E-state index contributed by atoms with van der Waals surface area (Å²) in [7, 11) is 0. The van der Waals surface area contributed by atoms with Gasteiger partial charge in [-0.2, -0.15) is 0 Å². The lowest BCUT2D eigenvalue weighted by atomic mass is 9.96. The highest BCUT2D eigenvalue weighted by Gasteiger charge is 2.33. The van der Waals surface area contributed by atoms with Crippen molar-refractivity contribution in [1.29, 1.82) is 0 Å². The molecule has 0 fully saturated rings. The van der Waals surface area contributed by atoms with Crippen LogP contribution in [0.1, 0.15) is 31.0 Å². The molecule has 0 radical (unpaired) electrons. The van der Waals surface area contributed by atoms with Crippen LogP contribution in [0.3, 0.4) is 0 Å². The van der Waals surface area contributed by atoms with Crippen molar-refractivity contribution in [3.05, 3.63) is 109 Å². The molecular weight excluding hydrogens is 452 g/mol. The predicted octanol–water partition coefficient (Wildman–Crippen LogP) is 2.89. The van der Waals surface area contributed by atoms with Gasteiger partial charge in [0.2, 0.25) is 0 Å². The second-order valence-corrected chi connectivity index (χ2v) is 8.52. The normalized spacial score (nSPS) is 15.4. The molecule has 1 aromatic heterocycles. The van der Waals surface area contributed by atoms with Crippen LogP contribution in [0.4, 0.5) is 0 Å². The summed E-state index contributed by atoms with van der Waals surface area (Å²) in [6.07, 6.45) is 3.15. The molecule has 8 heteroatoms. The summed E-state index contributed by atoms with van der Waals surface area (Å²) < 4.78 is 12.5. The summed E-state index contributed by atoms with van der Waals surface area (Å²) in [5.74, 6) is -0.653. The number of thiazole rings is 1. The molecule has 1 atom stereocenters. The number of hydrogen-bond donors (Lipinski definition) is 0. The Morgan fingerprint density at radius 1 is 1.15 bits per heavy atom. The van der Waals surface area contributed by atoms with Gasteiger partial charge in [-0.25, -0.2) is 9.79 Å². The first-order chi connectivity index (χ1) is 16.4. The predicted molar refractivity (Wildman–Crippen MR) is 129 cm³/mol. The molecule has 1 aliphatic heterocycles. The maximum Gasteiger partial charge on any atom is 0.338 e. The van der Waals surface area contributed by atoms with Crippen LogP contribution in [0, 0.1) is 0 Å². The second kappa shape index (κ2) is 9.84. The van der Waals surface area contributed by atoms with Crippen LogP contribution in [0.15, 0.2) is 88.3 Å². The van der Waals surface area contributed by atoms with Gasteiger partial charge in [0.25, 0.3) is 5.56 Å². The minimum atomic E-state index is -0.694. The van der Waals surface area contributed by atoms with Gasteiger partial charge in [-0.1, -0.05) is 72.5 Å². The van der Waals surface area contributed by atoms with E-state index in [9.17, 15) is 14.4 Å². The lowest BCUT2D eigenvalue weighted by Gasteiger charge is -2.24. The Labute approximate surface area is 199 Å². The van der Waals surface area contributed by atoms with Gasteiger partial charge < -0.3 is 9.47 Å². The van der Waals surface area contributed by atoms with E-state index >= 15 is 0 Å². The number of allylic oxidation sites excluding steroid dienone is 1. The Kier molecular flexibility index (Phi) is 6.70. The van der Waals surface area contributed by atoms with E-state index in [-0.39, 0.29) is 12.2 Å². The van der Waals surface area contributed by atoms with Crippen molar-refractivity contribution in [2.24, 2.45) is 4.99 Å². The number of nitrogens with zero attached hydrogens (tertiary/aromatic N) is 2. The Bertz CT molecular complexity index is 1480. The number of ether oxygens (including phenoxy) is 2. The molecule has 0 saturated carbocycles. The molecule has 172 valence electrons. The van der Waals surface area contributed by atoms with Crippen molar-refractivity contribution >= 4 is 29.4 Å². The van der Waals surface area contributed by atoms with Crippen molar-refractivity contribution < 1.29 is 19.1 Å². The molecule has 0 bridgehead atoms. The number of carbonyl (C=O) groups excluding carboxylic acids is 2. The zero-order valence-corrected chi connectivity index (χ0v) is 19.5. The molecular formula is C26H22N2O5S. The Balaban J connectivity index is 1.92. The number of hydrogen-bond acceptors (Lipinski definition) is 7. The van der Waals surface area contributed by atoms with Gasteiger partial charge >= 0.3 is 11.9 Å². The van der Waals surface area contributed by atoms with Gasteiger partial charge in [0.05, 0.1) is 21.8 Å². The molecule has 7 nitrogen and oxygen atoms in total. The highest BCUT2D eigenvalue weighted by atomic mass is 32.1. The zero-order chi connectivity index (χ0) is 24.2. The SMILES string of the molecule is C=CCOC(=O)C1=C(C)N=c2s/c(=C/c3ccccc3OC(C)=O)c(=O)n2C1c1ccccc1. The molecule has 0 saturated heterocycles. The summed E-state index contributed by atoms with van der Waals surface area (Å²) in [5, 5.41) is 0. The molecule has 0 amide bonds. The van der Waals surface area contributed by atoms with Crippen LogP contribution in [0.5, 0.6) is 5.75 Å². The fraction of sp³-hybridized carbons (Fsp3) is 0.154. The summed E-state index contributed by atoms with van der Waals surface area (Å²) in [6, 6.07) is 15.5. The first-order valence-corrected chi connectivity index (χ1v) is 11.4. The molecule has 34 heavy (non-hydrogen) atoms. The number of esters is 2. The Morgan fingerprint density at radius 2 is 1.85 bits per heavy atom. The number of fused-ring (bicyclic) bond motifs is 1. The van der Waals surface area contributed by atoms with E-state index in [1.807, 2.05) is 30.3 Å². The average molecular weight is 475 g/mol. The second-order valence-electron chi connectivity index (χ2n) is 7.51. The van der Waals surface area contributed by atoms with Crippen LogP contribution >= 0.6 is 11.3 Å². The van der Waals surface area contributed by atoms with E-state index in [2.05, 4.69) is 11.6 Å². The van der Waals surface area contributed by atoms with E-state index in [4.69, 9.17) is 9.47 Å². The standard InChI is InChI=1S/C26H22N2O5S/c1-4-14-32-25(31)22-16(2)27-26-28(23(22)18-10-6-5-7-11-18)24(30)21(34-26)15-19-12-8-9-13-20(19)33-17(3)29/h4-13,15,23H,1,14H2,2-3H3/b21-15+. The minimum absolute atomic E-state index is 0.0501. The van der Waals surface area contributed by atoms with Gasteiger partial charge in [-0.3, -0.25) is 14.2 Å². The van der Waals surface area contributed by atoms with E-state index in [1.165, 1.54) is 28.9 Å². The Hall–Kier alpha value is -4.04. The van der Waals surface area contributed by atoms with Crippen LogP contribution < -0.4 is 19.6 Å². The van der Waals surface area contributed by atoms with Crippen LogP contribution in [-0.2, 0) is 14.3 Å². The fourth-order valence-electron chi connectivity index (χ4n) is 3.73. The summed E-state index contributed by atoms with van der Waals surface area (Å²) in [5.41, 5.74) is 1.82. The number of para-hydroxylation sites is 1. The molecule has 0 spiro atoms. The molecule has 1 unspecified atom stereocenters. The monoisotopic (exact) mass is 474 g/mol. The zero-order valence-electron chi connectivity index (χ0n) is 18.7. The highest BCUT2D eigenvalue weighted by molar-refractivity contribution is 7.07. The third-order valence-corrected chi connectivity index (χ3v) is 6.13. The van der Waals surface area contributed by atoms with Crippen LogP contribution in [0.2, 0.25) is 0 Å². The van der Waals surface area contributed by atoms with Gasteiger partial charge in [0.15, 0.2) is 4.80 Å². The quantitative estimate of drug-likeness (QED) is 0.312. The lowest BCUT2D eigenvalue weighted by Crippen LogP contribution is -2.39. The van der Waals surface area contributed by atoms with Gasteiger partial charge in [0.1, 0.15) is 12.4 Å². The van der Waals surface area contributed by atoms with Crippen molar-refractivity contribution in [2.45, 2.75) is 19.9 Å². The summed E-state index contributed by atoms with van der Waals surface area (Å²) >= 11 is 1.20. The van der Waals surface area contributed by atoms with Gasteiger partial charge in [0, 0.05) is 12.5 Å². The number of benzene rings is 2. The highest BCUT2D eigenvalue weighted by Crippen LogP contribution is 2.30. The number of aromatic nitrogens is 1. The van der Waals surface area contributed by atoms with Crippen molar-refractivity contribution in [1.82, 2.24) is 4.57 Å². The smallest absolute Gasteiger partial charge is 0.338 e. The van der Waals surface area contributed by atoms with Crippen molar-refractivity contribution in [3.8, 4) is 5.75 Å². The minimum Gasteiger partial charge on any atom is -0.458 e. The van der Waals surface area contributed by atoms with Crippen LogP contribution in [-0.4, -0.2) is 23.1 Å². The van der Waals surface area contributed by atoms with Gasteiger partial charge in [-0.15, -0.1) is 0 Å². The lowest BCUT2D eigenvalue weighted by molar-refractivity contribution is -0.138. The summed E-state index contributed by atoms with van der Waals surface area (Å²) in [4.78, 5) is 43.1. The van der Waals surface area contributed by atoms with Crippen molar-refractivity contribution in [3.63, 3.8) is 0 Å². The molecule has 2 aromatic carbocycles. The fourth-order valence-corrected chi connectivity index (χ4v) is 4.77. The number of rotatable bonds is 6. The van der Waals surface area contributed by atoms with E-state index in [1.54, 1.807) is 37.3 Å². The van der Waals surface area contributed by atoms with E-state index in [0.717, 1.165) is 5.56 Å². The Morgan fingerprint density at radius 3 is 2.56 bits per heavy atom. The first-order valence-electron chi connectivity index (χ1n) is 10.5. The molecule has 0 N–H and O–H groups in total. The van der Waals surface area contributed by atoms with Crippen molar-refractivity contribution in [2.75, 3.05) is 6.61 Å². The first kappa shape index (κ1) is 23.1. The molecule has 1 aliphatic rings. The largest absolute Gasteiger partial charge is 0.458 e. The maximum atomic E-state index is 13.6. The molecule has 4 rings (SSSR count). The third kappa shape index (κ3) is 4.53. The van der Waals surface area contributed by atoms with E-state index < -0.39 is 18.0 Å². The summed E-state index contributed by atoms with van der Waals surface area (Å²) in [6.45, 7) is 6.69. The molecule has 3 aromatic rings. The number of carbonyl (C=O) groups is 2. The van der Waals surface area contributed by atoms with Gasteiger partial charge in [-0.05, 0) is 24.6 Å². The molecule has 2 heterocycles. The third-order valence-electron chi connectivity index (χ3n) is 5.15. The van der Waals surface area contributed by atoms with E-state index in [0.29, 0.717) is 31.9 Å². The topological polar surface area (TPSA) is 87.0 Å². The van der Waals surface area contributed by atoms with Crippen LogP contribution in [0.25, 0.3) is 6.08 Å². The maximum absolute atomic E-state index is 13.6. The molecule has 0 aliphatic carbocycles.